The highest BCUT2D eigenvalue weighted by Gasteiger charge is 2.31. The number of hydrogen-bond donors (Lipinski definition) is 1. The van der Waals surface area contributed by atoms with Crippen molar-refractivity contribution >= 4 is 0 Å². The molecular weight excluding hydrogens is 174 g/mol. The second kappa shape index (κ2) is 4.82. The molecule has 0 aliphatic carbocycles. The van der Waals surface area contributed by atoms with Crippen LogP contribution in [-0.4, -0.2) is 34.7 Å². The van der Waals surface area contributed by atoms with Gasteiger partial charge >= 0.3 is 0 Å². The molecule has 14 heavy (non-hydrogen) atoms. The highest BCUT2D eigenvalue weighted by atomic mass is 16.3. The summed E-state index contributed by atoms with van der Waals surface area (Å²) < 4.78 is 0. The van der Waals surface area contributed by atoms with Crippen molar-refractivity contribution in [1.29, 1.82) is 0 Å². The second-order valence-corrected chi connectivity index (χ2v) is 4.56. The minimum Gasteiger partial charge on any atom is -0.390 e. The summed E-state index contributed by atoms with van der Waals surface area (Å²) in [5.74, 6) is 2.60. The van der Waals surface area contributed by atoms with Gasteiger partial charge in [-0.2, -0.15) is 0 Å². The zero-order valence-electron chi connectivity index (χ0n) is 9.29. The number of aliphatic hydroxyl groups is 1. The quantitative estimate of drug-likeness (QED) is 0.692. The number of hydrogen-bond acceptors (Lipinski definition) is 2. The third-order valence-electron chi connectivity index (χ3n) is 3.19. The number of nitrogens with zero attached hydrogens (tertiary/aromatic N) is 1. The van der Waals surface area contributed by atoms with Gasteiger partial charge in [0.1, 0.15) is 0 Å². The van der Waals surface area contributed by atoms with Crippen molar-refractivity contribution in [2.45, 2.75) is 51.2 Å². The van der Waals surface area contributed by atoms with Crippen LogP contribution in [0.1, 0.15) is 39.5 Å². The summed E-state index contributed by atoms with van der Waals surface area (Å²) in [5.41, 5.74) is -0.488. The van der Waals surface area contributed by atoms with Crippen LogP contribution in [0.2, 0.25) is 0 Å². The van der Waals surface area contributed by atoms with Crippen molar-refractivity contribution in [1.82, 2.24) is 4.90 Å². The lowest BCUT2D eigenvalue weighted by Gasteiger charge is -2.39. The van der Waals surface area contributed by atoms with Crippen LogP contribution >= 0.6 is 0 Å². The Morgan fingerprint density at radius 1 is 1.43 bits per heavy atom. The van der Waals surface area contributed by atoms with Crippen molar-refractivity contribution in [3.8, 4) is 12.3 Å². The van der Waals surface area contributed by atoms with Gasteiger partial charge in [-0.25, -0.2) is 0 Å². The minimum atomic E-state index is -0.488. The third-order valence-corrected chi connectivity index (χ3v) is 3.19. The van der Waals surface area contributed by atoms with Gasteiger partial charge in [-0.05, 0) is 33.1 Å². The van der Waals surface area contributed by atoms with Crippen LogP contribution in [0, 0.1) is 12.3 Å². The Labute approximate surface area is 87.3 Å². The van der Waals surface area contributed by atoms with Crippen molar-refractivity contribution in [2.75, 3.05) is 13.1 Å². The largest absolute Gasteiger partial charge is 0.390 e. The summed E-state index contributed by atoms with van der Waals surface area (Å²) in [4.78, 5) is 2.41. The van der Waals surface area contributed by atoms with E-state index in [2.05, 4.69) is 24.7 Å². The summed E-state index contributed by atoms with van der Waals surface area (Å²) in [5, 5.41) is 10.2. The average Bonchev–Trinajstić information content (AvgIpc) is 2.16. The molecule has 1 heterocycles. The molecule has 0 radical (unpaired) electrons. The van der Waals surface area contributed by atoms with Crippen molar-refractivity contribution in [2.24, 2.45) is 0 Å². The molecule has 1 rings (SSSR count). The summed E-state index contributed by atoms with van der Waals surface area (Å²) in [6, 6.07) is 0.590. The van der Waals surface area contributed by atoms with E-state index >= 15 is 0 Å². The van der Waals surface area contributed by atoms with E-state index < -0.39 is 5.60 Å². The molecule has 1 saturated heterocycles. The van der Waals surface area contributed by atoms with Crippen LogP contribution in [-0.2, 0) is 0 Å². The maximum atomic E-state index is 10.2. The molecule has 2 nitrogen and oxygen atoms in total. The standard InChI is InChI=1S/C12H21NO/c1-4-5-6-12(14)7-9-13(10-8-12)11(2)3/h1,11,14H,5-10H2,2-3H3. The number of piperidine rings is 1. The highest BCUT2D eigenvalue weighted by Crippen LogP contribution is 2.27. The molecule has 0 saturated carbocycles. The first-order valence-electron chi connectivity index (χ1n) is 5.47. The van der Waals surface area contributed by atoms with E-state index in [1.807, 2.05) is 0 Å². The van der Waals surface area contributed by atoms with Crippen molar-refractivity contribution in [3.05, 3.63) is 0 Å². The Bertz CT molecular complexity index is 209. The van der Waals surface area contributed by atoms with E-state index in [9.17, 15) is 5.11 Å². The number of rotatable bonds is 3. The summed E-state index contributed by atoms with van der Waals surface area (Å²) >= 11 is 0. The maximum absolute atomic E-state index is 10.2. The van der Waals surface area contributed by atoms with E-state index in [0.29, 0.717) is 12.5 Å². The van der Waals surface area contributed by atoms with E-state index in [1.54, 1.807) is 0 Å². The van der Waals surface area contributed by atoms with Gasteiger partial charge in [0, 0.05) is 25.6 Å². The molecule has 0 aromatic heterocycles. The van der Waals surface area contributed by atoms with E-state index in [4.69, 9.17) is 6.42 Å². The molecule has 0 aromatic rings. The van der Waals surface area contributed by atoms with Crippen molar-refractivity contribution < 1.29 is 5.11 Å². The molecule has 1 aliphatic heterocycles. The first kappa shape index (κ1) is 11.6. The topological polar surface area (TPSA) is 23.5 Å². The molecular formula is C12H21NO. The van der Waals surface area contributed by atoms with Gasteiger partial charge in [-0.3, -0.25) is 0 Å². The lowest BCUT2D eigenvalue weighted by molar-refractivity contribution is -0.0326. The molecule has 1 N–H and O–H groups in total. The number of terminal acetylenes is 1. The maximum Gasteiger partial charge on any atom is 0.0681 e. The van der Waals surface area contributed by atoms with Crippen molar-refractivity contribution in [3.63, 3.8) is 0 Å². The van der Waals surface area contributed by atoms with Gasteiger partial charge in [0.2, 0.25) is 0 Å². The smallest absolute Gasteiger partial charge is 0.0681 e. The molecule has 0 bridgehead atoms. The fraction of sp³-hybridized carbons (Fsp3) is 0.833. The fourth-order valence-electron chi connectivity index (χ4n) is 2.01. The monoisotopic (exact) mass is 195 g/mol. The Morgan fingerprint density at radius 3 is 2.43 bits per heavy atom. The summed E-state index contributed by atoms with van der Waals surface area (Å²) in [7, 11) is 0. The fourth-order valence-corrected chi connectivity index (χ4v) is 2.01. The third kappa shape index (κ3) is 3.01. The zero-order valence-corrected chi connectivity index (χ0v) is 9.29. The Kier molecular flexibility index (Phi) is 3.97. The van der Waals surface area contributed by atoms with Gasteiger partial charge in [0.15, 0.2) is 0 Å². The summed E-state index contributed by atoms with van der Waals surface area (Å²) in [6.45, 7) is 6.40. The second-order valence-electron chi connectivity index (χ2n) is 4.56. The molecule has 1 aliphatic rings. The van der Waals surface area contributed by atoms with Crippen LogP contribution in [0.15, 0.2) is 0 Å². The highest BCUT2D eigenvalue weighted by molar-refractivity contribution is 4.92. The molecule has 2 heteroatoms. The Morgan fingerprint density at radius 2 is 2.00 bits per heavy atom. The van der Waals surface area contributed by atoms with E-state index in [0.717, 1.165) is 32.4 Å². The van der Waals surface area contributed by atoms with E-state index in [1.165, 1.54) is 0 Å². The molecule has 0 spiro atoms. The van der Waals surface area contributed by atoms with Crippen LogP contribution in [0.25, 0.3) is 0 Å². The molecule has 0 aromatic carbocycles. The summed E-state index contributed by atoms with van der Waals surface area (Å²) in [6.07, 6.45) is 8.40. The predicted octanol–water partition coefficient (Wildman–Crippen LogP) is 1.64. The van der Waals surface area contributed by atoms with Crippen LogP contribution in [0.4, 0.5) is 0 Å². The lowest BCUT2D eigenvalue weighted by atomic mass is 9.87. The van der Waals surface area contributed by atoms with Gasteiger partial charge in [0.25, 0.3) is 0 Å². The first-order chi connectivity index (χ1) is 6.57. The van der Waals surface area contributed by atoms with Gasteiger partial charge in [-0.1, -0.05) is 0 Å². The normalized spacial score (nSPS) is 22.2. The number of likely N-dealkylation sites (tertiary alicyclic amines) is 1. The van der Waals surface area contributed by atoms with E-state index in [-0.39, 0.29) is 0 Å². The Hall–Kier alpha value is -0.520. The average molecular weight is 195 g/mol. The Balaban J connectivity index is 2.37. The van der Waals surface area contributed by atoms with Crippen LogP contribution in [0.3, 0.4) is 0 Å². The molecule has 0 atom stereocenters. The minimum absolute atomic E-state index is 0.488. The molecule has 0 amide bonds. The zero-order chi connectivity index (χ0) is 10.6. The molecule has 80 valence electrons. The molecule has 1 fully saturated rings. The first-order valence-corrected chi connectivity index (χ1v) is 5.47. The van der Waals surface area contributed by atoms with Gasteiger partial charge in [0.05, 0.1) is 5.60 Å². The van der Waals surface area contributed by atoms with Crippen LogP contribution < -0.4 is 0 Å². The van der Waals surface area contributed by atoms with Gasteiger partial charge < -0.3 is 10.0 Å². The van der Waals surface area contributed by atoms with Crippen LogP contribution in [0.5, 0.6) is 0 Å². The SMILES string of the molecule is C#CCCC1(O)CCN(C(C)C)CC1. The molecule has 0 unspecified atom stereocenters. The predicted molar refractivity (Wildman–Crippen MR) is 59.0 cm³/mol. The lowest BCUT2D eigenvalue weighted by Crippen LogP contribution is -2.46. The van der Waals surface area contributed by atoms with Gasteiger partial charge in [-0.15, -0.1) is 12.3 Å².